The minimum Gasteiger partial charge on any atom is -0.253 e. The van der Waals surface area contributed by atoms with Crippen molar-refractivity contribution in [1.82, 2.24) is 0 Å². The molecule has 0 aromatic carbocycles. The summed E-state index contributed by atoms with van der Waals surface area (Å²) in [6.45, 7) is 0. The third kappa shape index (κ3) is 0.926. The first-order chi connectivity index (χ1) is 4.97. The van der Waals surface area contributed by atoms with Gasteiger partial charge in [0.25, 0.3) is 5.03 Å². The molecule has 3 heteroatoms. The van der Waals surface area contributed by atoms with Crippen molar-refractivity contribution in [2.75, 3.05) is 5.75 Å². The Balaban J connectivity index is 2.54. The zero-order valence-electron chi connectivity index (χ0n) is 5.37. The van der Waals surface area contributed by atoms with Crippen molar-refractivity contribution in [2.45, 2.75) is 5.03 Å². The summed E-state index contributed by atoms with van der Waals surface area (Å²) in [4.78, 5) is 7.35. The monoisotopic (exact) mass is 151 g/mol. The van der Waals surface area contributed by atoms with Crippen LogP contribution in [0.4, 0.5) is 5.69 Å². The average molecular weight is 151 g/mol. The van der Waals surface area contributed by atoms with Crippen LogP contribution in [0.15, 0.2) is 28.3 Å². The molecule has 2 heterocycles. The predicted octanol–water partition coefficient (Wildman–Crippen LogP) is 1.31. The van der Waals surface area contributed by atoms with Crippen molar-refractivity contribution >= 4 is 23.7 Å². The Morgan fingerprint density at radius 2 is 2.60 bits per heavy atom. The maximum Gasteiger partial charge on any atom is 0.264 e. The molecule has 10 heavy (non-hydrogen) atoms. The highest BCUT2D eigenvalue weighted by Gasteiger charge is 2.10. The molecule has 0 unspecified atom stereocenters. The van der Waals surface area contributed by atoms with Crippen LogP contribution < -0.4 is 4.98 Å². The van der Waals surface area contributed by atoms with Crippen LogP contribution in [0.1, 0.15) is 0 Å². The highest BCUT2D eigenvalue weighted by Crippen LogP contribution is 2.26. The van der Waals surface area contributed by atoms with E-state index in [9.17, 15) is 0 Å². The Bertz CT molecular complexity index is 270. The Kier molecular flexibility index (Phi) is 1.43. The maximum absolute atomic E-state index is 4.22. The van der Waals surface area contributed by atoms with E-state index >= 15 is 0 Å². The molecule has 0 aliphatic carbocycles. The summed E-state index contributed by atoms with van der Waals surface area (Å²) in [6, 6.07) is 3.97. The molecule has 1 aromatic rings. The summed E-state index contributed by atoms with van der Waals surface area (Å²) >= 11 is 1.78. The third-order valence-corrected chi connectivity index (χ3v) is 2.26. The molecule has 1 aromatic heterocycles. The van der Waals surface area contributed by atoms with Crippen LogP contribution in [0, 0.1) is 0 Å². The van der Waals surface area contributed by atoms with Crippen molar-refractivity contribution in [1.29, 1.82) is 0 Å². The molecular formula is C7H7N2S+. The summed E-state index contributed by atoms with van der Waals surface area (Å²) in [5.74, 6) is 0.980. The highest BCUT2D eigenvalue weighted by molar-refractivity contribution is 7.99. The number of nitrogens with one attached hydrogen (secondary N) is 1. The Labute approximate surface area is 63.4 Å². The second-order valence-electron chi connectivity index (χ2n) is 2.01. The van der Waals surface area contributed by atoms with Gasteiger partial charge in [-0.1, -0.05) is 0 Å². The molecule has 0 bridgehead atoms. The van der Waals surface area contributed by atoms with Crippen LogP contribution in [0.3, 0.4) is 0 Å². The first kappa shape index (κ1) is 5.92. The number of rotatable bonds is 0. The molecular weight excluding hydrogens is 144 g/mol. The van der Waals surface area contributed by atoms with Gasteiger partial charge in [-0.3, -0.25) is 4.99 Å². The van der Waals surface area contributed by atoms with Crippen LogP contribution in [0.5, 0.6) is 0 Å². The molecule has 0 radical (unpaired) electrons. The Hall–Kier alpha value is -0.830. The summed E-state index contributed by atoms with van der Waals surface area (Å²) in [6.07, 6.45) is 3.85. The lowest BCUT2D eigenvalue weighted by Gasteiger charge is -1.99. The standard InChI is InChI=1S/C7H6N2S/c1-2-6-7(9-3-1)10-5-4-8-6/h1-4H,5H2/p+1. The summed E-state index contributed by atoms with van der Waals surface area (Å²) in [5.41, 5.74) is 1.05. The van der Waals surface area contributed by atoms with E-state index in [1.807, 2.05) is 24.5 Å². The summed E-state index contributed by atoms with van der Waals surface area (Å²) in [5, 5.41) is 1.17. The van der Waals surface area contributed by atoms with E-state index in [1.165, 1.54) is 5.03 Å². The van der Waals surface area contributed by atoms with E-state index in [0.717, 1.165) is 11.4 Å². The zero-order valence-corrected chi connectivity index (χ0v) is 6.19. The quantitative estimate of drug-likeness (QED) is 0.549. The van der Waals surface area contributed by atoms with Gasteiger partial charge in [0.1, 0.15) is 5.69 Å². The molecule has 0 saturated carbocycles. The molecule has 0 saturated heterocycles. The number of H-pyrrole nitrogens is 1. The number of aromatic amines is 1. The lowest BCUT2D eigenvalue weighted by atomic mass is 10.4. The van der Waals surface area contributed by atoms with Gasteiger partial charge in [0, 0.05) is 18.0 Å². The van der Waals surface area contributed by atoms with Crippen LogP contribution in [0.25, 0.3) is 0 Å². The van der Waals surface area contributed by atoms with Crippen LogP contribution in [-0.2, 0) is 0 Å². The number of hydrogen-bond acceptors (Lipinski definition) is 2. The molecule has 50 valence electrons. The summed E-state index contributed by atoms with van der Waals surface area (Å²) in [7, 11) is 0. The lowest BCUT2D eigenvalue weighted by Crippen LogP contribution is -2.06. The van der Waals surface area contributed by atoms with E-state index in [1.54, 1.807) is 11.8 Å². The summed E-state index contributed by atoms with van der Waals surface area (Å²) < 4.78 is 0. The number of fused-ring (bicyclic) bond motifs is 1. The molecule has 2 nitrogen and oxygen atoms in total. The van der Waals surface area contributed by atoms with Gasteiger partial charge in [0.05, 0.1) is 0 Å². The van der Waals surface area contributed by atoms with Crippen molar-refractivity contribution in [2.24, 2.45) is 4.99 Å². The highest BCUT2D eigenvalue weighted by atomic mass is 32.2. The number of nitrogens with zero attached hydrogens (tertiary/aromatic N) is 1. The van der Waals surface area contributed by atoms with Gasteiger partial charge >= 0.3 is 0 Å². The molecule has 0 fully saturated rings. The number of hydrogen-bond donors (Lipinski definition) is 0. The third-order valence-electron chi connectivity index (χ3n) is 1.33. The number of aliphatic imine (C=N–C) groups is 1. The smallest absolute Gasteiger partial charge is 0.253 e. The average Bonchev–Trinajstić information content (AvgIpc) is 2.05. The van der Waals surface area contributed by atoms with E-state index in [4.69, 9.17) is 0 Å². The molecule has 1 aliphatic heterocycles. The first-order valence-electron chi connectivity index (χ1n) is 3.13. The van der Waals surface area contributed by atoms with E-state index < -0.39 is 0 Å². The Morgan fingerprint density at radius 3 is 3.50 bits per heavy atom. The van der Waals surface area contributed by atoms with Gasteiger partial charge in [-0.05, 0) is 17.8 Å². The topological polar surface area (TPSA) is 26.5 Å². The minimum absolute atomic E-state index is 0.980. The molecule has 0 atom stereocenters. The first-order valence-corrected chi connectivity index (χ1v) is 4.11. The van der Waals surface area contributed by atoms with E-state index in [0.29, 0.717) is 0 Å². The second-order valence-corrected chi connectivity index (χ2v) is 3.04. The van der Waals surface area contributed by atoms with E-state index in [-0.39, 0.29) is 0 Å². The predicted molar refractivity (Wildman–Crippen MR) is 41.9 cm³/mol. The maximum atomic E-state index is 4.22. The second kappa shape index (κ2) is 2.42. The van der Waals surface area contributed by atoms with Gasteiger partial charge < -0.3 is 0 Å². The fourth-order valence-corrected chi connectivity index (χ4v) is 1.62. The lowest BCUT2D eigenvalue weighted by molar-refractivity contribution is -0.425. The van der Waals surface area contributed by atoms with Crippen molar-refractivity contribution < 1.29 is 4.98 Å². The molecule has 1 N–H and O–H groups in total. The minimum atomic E-state index is 0.980. The van der Waals surface area contributed by atoms with Gasteiger partial charge in [0.2, 0.25) is 0 Å². The largest absolute Gasteiger partial charge is 0.264 e. The van der Waals surface area contributed by atoms with E-state index in [2.05, 4.69) is 9.98 Å². The Morgan fingerprint density at radius 1 is 1.60 bits per heavy atom. The van der Waals surface area contributed by atoms with Crippen molar-refractivity contribution in [3.63, 3.8) is 0 Å². The fraction of sp³-hybridized carbons (Fsp3) is 0.143. The normalized spacial score (nSPS) is 14.8. The van der Waals surface area contributed by atoms with Crippen LogP contribution in [-0.4, -0.2) is 12.0 Å². The molecule has 0 amide bonds. The SMILES string of the molecule is C1=Nc2ccc[nH+]c2SC1. The van der Waals surface area contributed by atoms with Crippen molar-refractivity contribution in [3.05, 3.63) is 18.3 Å². The van der Waals surface area contributed by atoms with Crippen LogP contribution >= 0.6 is 11.8 Å². The molecule has 1 aliphatic rings. The number of pyridine rings is 1. The van der Waals surface area contributed by atoms with Gasteiger partial charge in [0.15, 0.2) is 6.20 Å². The molecule has 2 rings (SSSR count). The van der Waals surface area contributed by atoms with Gasteiger partial charge in [-0.15, -0.1) is 0 Å². The van der Waals surface area contributed by atoms with Gasteiger partial charge in [-0.25, -0.2) is 4.98 Å². The number of thioether (sulfide) groups is 1. The van der Waals surface area contributed by atoms with Crippen LogP contribution in [0.2, 0.25) is 0 Å². The van der Waals surface area contributed by atoms with Gasteiger partial charge in [-0.2, -0.15) is 0 Å². The number of aromatic nitrogens is 1. The zero-order chi connectivity index (χ0) is 6.81. The molecule has 0 spiro atoms. The fourth-order valence-electron chi connectivity index (χ4n) is 0.886. The van der Waals surface area contributed by atoms with Crippen molar-refractivity contribution in [3.8, 4) is 0 Å².